The molecule has 1 N–H and O–H groups in total. The molecule has 0 bridgehead atoms. The summed E-state index contributed by atoms with van der Waals surface area (Å²) in [5.74, 6) is 1.60. The standard InChI is InChI=1S/C25H29N3O3/c1-2-30-21-10-12-22(13-11-21)31-18-14-26-24(29)19-28-17-16-27-15-6-9-23(27)25(28)20-7-4-3-5-8-20/h3-13,15,25H,2,14,16-19H2,1H3,(H,26,29)/t25-/m0/s1. The molecule has 0 saturated heterocycles. The van der Waals surface area contributed by atoms with Gasteiger partial charge in [-0.05, 0) is 48.9 Å². The van der Waals surface area contributed by atoms with E-state index in [0.29, 0.717) is 26.3 Å². The maximum Gasteiger partial charge on any atom is 0.234 e. The van der Waals surface area contributed by atoms with Gasteiger partial charge >= 0.3 is 0 Å². The summed E-state index contributed by atoms with van der Waals surface area (Å²) in [6, 6.07) is 22.2. The number of rotatable bonds is 9. The maximum absolute atomic E-state index is 12.6. The molecule has 1 aliphatic rings. The average Bonchev–Trinajstić information content (AvgIpc) is 3.27. The summed E-state index contributed by atoms with van der Waals surface area (Å²) >= 11 is 0. The lowest BCUT2D eigenvalue weighted by Crippen LogP contribution is -2.45. The Morgan fingerprint density at radius 2 is 1.71 bits per heavy atom. The average molecular weight is 420 g/mol. The third-order valence-electron chi connectivity index (χ3n) is 5.43. The van der Waals surface area contributed by atoms with Gasteiger partial charge in [0.25, 0.3) is 0 Å². The van der Waals surface area contributed by atoms with Crippen LogP contribution in [-0.4, -0.2) is 48.2 Å². The van der Waals surface area contributed by atoms with Crippen molar-refractivity contribution in [3.8, 4) is 11.5 Å². The van der Waals surface area contributed by atoms with Crippen molar-refractivity contribution in [3.63, 3.8) is 0 Å². The molecule has 1 atom stereocenters. The van der Waals surface area contributed by atoms with Gasteiger partial charge in [-0.3, -0.25) is 9.69 Å². The number of hydrogen-bond acceptors (Lipinski definition) is 4. The Bertz CT molecular complexity index is 969. The Morgan fingerprint density at radius 3 is 2.45 bits per heavy atom. The molecule has 0 spiro atoms. The zero-order chi connectivity index (χ0) is 21.5. The SMILES string of the molecule is CCOc1ccc(OCCNC(=O)CN2CCn3cccc3[C@@H]2c2ccccc2)cc1. The van der Waals surface area contributed by atoms with E-state index in [-0.39, 0.29) is 11.9 Å². The molecule has 6 heteroatoms. The van der Waals surface area contributed by atoms with Crippen molar-refractivity contribution in [1.82, 2.24) is 14.8 Å². The topological polar surface area (TPSA) is 55.7 Å². The van der Waals surface area contributed by atoms with Gasteiger partial charge in [0.2, 0.25) is 5.91 Å². The van der Waals surface area contributed by atoms with E-state index in [1.165, 1.54) is 11.3 Å². The number of ether oxygens (including phenoxy) is 2. The molecule has 6 nitrogen and oxygen atoms in total. The smallest absolute Gasteiger partial charge is 0.234 e. The van der Waals surface area contributed by atoms with Gasteiger partial charge in [0.15, 0.2) is 0 Å². The first-order valence-electron chi connectivity index (χ1n) is 10.8. The Hall–Kier alpha value is -3.25. The van der Waals surface area contributed by atoms with E-state index >= 15 is 0 Å². The summed E-state index contributed by atoms with van der Waals surface area (Å²) in [6.45, 7) is 5.55. The van der Waals surface area contributed by atoms with Crippen molar-refractivity contribution >= 4 is 5.91 Å². The summed E-state index contributed by atoms with van der Waals surface area (Å²) in [4.78, 5) is 14.9. The summed E-state index contributed by atoms with van der Waals surface area (Å²) in [6.07, 6.45) is 2.11. The van der Waals surface area contributed by atoms with E-state index in [9.17, 15) is 4.79 Å². The van der Waals surface area contributed by atoms with Crippen molar-refractivity contribution in [1.29, 1.82) is 0 Å². The molecule has 0 radical (unpaired) electrons. The summed E-state index contributed by atoms with van der Waals surface area (Å²) in [5, 5.41) is 2.98. The van der Waals surface area contributed by atoms with Gasteiger partial charge in [-0.1, -0.05) is 30.3 Å². The van der Waals surface area contributed by atoms with Gasteiger partial charge in [0.1, 0.15) is 18.1 Å². The maximum atomic E-state index is 12.6. The monoisotopic (exact) mass is 419 g/mol. The van der Waals surface area contributed by atoms with Crippen LogP contribution < -0.4 is 14.8 Å². The predicted molar refractivity (Wildman–Crippen MR) is 120 cm³/mol. The summed E-state index contributed by atoms with van der Waals surface area (Å²) < 4.78 is 13.4. The molecular weight excluding hydrogens is 390 g/mol. The molecule has 4 rings (SSSR count). The zero-order valence-corrected chi connectivity index (χ0v) is 17.9. The highest BCUT2D eigenvalue weighted by molar-refractivity contribution is 5.78. The molecule has 1 aromatic heterocycles. The minimum atomic E-state index is 0.0104. The van der Waals surface area contributed by atoms with Crippen LogP contribution >= 0.6 is 0 Å². The van der Waals surface area contributed by atoms with Gasteiger partial charge in [-0.2, -0.15) is 0 Å². The molecule has 2 heterocycles. The van der Waals surface area contributed by atoms with Crippen LogP contribution in [0.5, 0.6) is 11.5 Å². The van der Waals surface area contributed by atoms with Crippen LogP contribution in [0.15, 0.2) is 72.9 Å². The van der Waals surface area contributed by atoms with Crippen LogP contribution in [0.4, 0.5) is 0 Å². The Labute approximate surface area is 183 Å². The second-order valence-electron chi connectivity index (χ2n) is 7.51. The molecule has 0 aliphatic carbocycles. The second-order valence-corrected chi connectivity index (χ2v) is 7.51. The number of nitrogens with one attached hydrogen (secondary N) is 1. The summed E-state index contributed by atoms with van der Waals surface area (Å²) in [7, 11) is 0. The molecule has 1 amide bonds. The van der Waals surface area contributed by atoms with E-state index < -0.39 is 0 Å². The molecule has 2 aromatic carbocycles. The van der Waals surface area contributed by atoms with E-state index in [2.05, 4.69) is 45.2 Å². The van der Waals surface area contributed by atoms with Gasteiger partial charge in [0.05, 0.1) is 25.7 Å². The Kier molecular flexibility index (Phi) is 6.89. The fourth-order valence-electron chi connectivity index (χ4n) is 4.02. The lowest BCUT2D eigenvalue weighted by molar-refractivity contribution is -0.123. The predicted octanol–water partition coefficient (Wildman–Crippen LogP) is 3.49. The number of carbonyl (C=O) groups excluding carboxylic acids is 1. The fourth-order valence-corrected chi connectivity index (χ4v) is 4.02. The highest BCUT2D eigenvalue weighted by Gasteiger charge is 2.29. The van der Waals surface area contributed by atoms with Gasteiger partial charge in [-0.25, -0.2) is 0 Å². The first kappa shape index (κ1) is 21.0. The van der Waals surface area contributed by atoms with Gasteiger partial charge in [0, 0.05) is 25.0 Å². The van der Waals surface area contributed by atoms with Crippen molar-refractivity contribution in [2.75, 3.05) is 32.8 Å². The zero-order valence-electron chi connectivity index (χ0n) is 17.9. The van der Waals surface area contributed by atoms with Gasteiger partial charge < -0.3 is 19.4 Å². The summed E-state index contributed by atoms with van der Waals surface area (Å²) in [5.41, 5.74) is 2.43. The number of aromatic nitrogens is 1. The molecule has 0 saturated carbocycles. The normalized spacial score (nSPS) is 15.8. The number of hydrogen-bond donors (Lipinski definition) is 1. The lowest BCUT2D eigenvalue weighted by atomic mass is 10.00. The van der Waals surface area contributed by atoms with Crippen molar-refractivity contribution in [3.05, 3.63) is 84.2 Å². The number of fused-ring (bicyclic) bond motifs is 1. The number of amides is 1. The number of nitrogens with zero attached hydrogens (tertiary/aromatic N) is 2. The van der Waals surface area contributed by atoms with Crippen LogP contribution in [0.2, 0.25) is 0 Å². The number of carbonyl (C=O) groups is 1. The second kappa shape index (κ2) is 10.2. The minimum Gasteiger partial charge on any atom is -0.494 e. The molecule has 0 fully saturated rings. The Morgan fingerprint density at radius 1 is 0.968 bits per heavy atom. The highest BCUT2D eigenvalue weighted by Crippen LogP contribution is 2.31. The van der Waals surface area contributed by atoms with E-state index in [0.717, 1.165) is 24.6 Å². The molecule has 162 valence electrons. The molecular formula is C25H29N3O3. The first-order chi connectivity index (χ1) is 15.2. The third kappa shape index (κ3) is 5.27. The van der Waals surface area contributed by atoms with Crippen LogP contribution in [0.25, 0.3) is 0 Å². The fraction of sp³-hybridized carbons (Fsp3) is 0.320. The lowest BCUT2D eigenvalue weighted by Gasteiger charge is -2.36. The van der Waals surface area contributed by atoms with Crippen LogP contribution in [0.1, 0.15) is 24.2 Å². The van der Waals surface area contributed by atoms with E-state index in [4.69, 9.17) is 9.47 Å². The van der Waals surface area contributed by atoms with E-state index in [1.807, 2.05) is 49.4 Å². The highest BCUT2D eigenvalue weighted by atomic mass is 16.5. The molecule has 1 aliphatic heterocycles. The minimum absolute atomic E-state index is 0.0104. The number of benzene rings is 2. The van der Waals surface area contributed by atoms with Gasteiger partial charge in [-0.15, -0.1) is 0 Å². The van der Waals surface area contributed by atoms with Crippen molar-refractivity contribution in [2.45, 2.75) is 19.5 Å². The largest absolute Gasteiger partial charge is 0.494 e. The molecule has 3 aromatic rings. The Balaban J connectivity index is 1.29. The molecule has 31 heavy (non-hydrogen) atoms. The van der Waals surface area contributed by atoms with Crippen LogP contribution in [-0.2, 0) is 11.3 Å². The molecule has 0 unspecified atom stereocenters. The quantitative estimate of drug-likeness (QED) is 0.540. The van der Waals surface area contributed by atoms with Crippen molar-refractivity contribution < 1.29 is 14.3 Å². The van der Waals surface area contributed by atoms with Crippen LogP contribution in [0.3, 0.4) is 0 Å². The van der Waals surface area contributed by atoms with Crippen molar-refractivity contribution in [2.24, 2.45) is 0 Å². The third-order valence-corrected chi connectivity index (χ3v) is 5.43. The van der Waals surface area contributed by atoms with E-state index in [1.54, 1.807) is 0 Å². The van der Waals surface area contributed by atoms with Crippen LogP contribution in [0, 0.1) is 0 Å². The first-order valence-corrected chi connectivity index (χ1v) is 10.8.